The summed E-state index contributed by atoms with van der Waals surface area (Å²) in [5.74, 6) is 0. The van der Waals surface area contributed by atoms with Gasteiger partial charge in [0.05, 0.1) is 18.8 Å². The molecular formula is C11H20N4O3S. The standard InChI is InChI=1S/C11H20N4O3S/c1-9(11-3-2-6-18-11)14-19(16,17)10-7-13-15(8-10)5-4-12/h7-9,11,14H,2-6,12H2,1H3. The second kappa shape index (κ2) is 6.00. The fraction of sp³-hybridized carbons (Fsp3) is 0.727. The van der Waals surface area contributed by atoms with Gasteiger partial charge >= 0.3 is 0 Å². The van der Waals surface area contributed by atoms with E-state index in [1.54, 1.807) is 0 Å². The molecule has 1 aromatic heterocycles. The van der Waals surface area contributed by atoms with Crippen LogP contribution in [0.4, 0.5) is 0 Å². The Bertz CT molecular complexity index is 508. The molecule has 0 amide bonds. The van der Waals surface area contributed by atoms with E-state index in [4.69, 9.17) is 10.5 Å². The van der Waals surface area contributed by atoms with Gasteiger partial charge in [0.25, 0.3) is 0 Å². The minimum Gasteiger partial charge on any atom is -0.377 e. The molecule has 3 N–H and O–H groups in total. The zero-order chi connectivity index (χ0) is 13.9. The Balaban J connectivity index is 2.03. The van der Waals surface area contributed by atoms with Gasteiger partial charge in [-0.3, -0.25) is 4.68 Å². The lowest BCUT2D eigenvalue weighted by Gasteiger charge is -2.19. The van der Waals surface area contributed by atoms with Gasteiger partial charge in [-0.2, -0.15) is 5.10 Å². The smallest absolute Gasteiger partial charge is 0.244 e. The van der Waals surface area contributed by atoms with Crippen LogP contribution >= 0.6 is 0 Å². The van der Waals surface area contributed by atoms with E-state index in [1.165, 1.54) is 17.1 Å². The molecular weight excluding hydrogens is 268 g/mol. The number of hydrogen-bond donors (Lipinski definition) is 2. The maximum Gasteiger partial charge on any atom is 0.244 e. The zero-order valence-corrected chi connectivity index (χ0v) is 11.8. The van der Waals surface area contributed by atoms with E-state index in [9.17, 15) is 8.42 Å². The third-order valence-corrected chi connectivity index (χ3v) is 4.66. The first-order valence-corrected chi connectivity index (χ1v) is 7.87. The van der Waals surface area contributed by atoms with Crippen molar-refractivity contribution < 1.29 is 13.2 Å². The maximum absolute atomic E-state index is 12.2. The Hall–Kier alpha value is -0.960. The van der Waals surface area contributed by atoms with Crippen LogP contribution in [0, 0.1) is 0 Å². The molecule has 0 bridgehead atoms. The van der Waals surface area contributed by atoms with Gasteiger partial charge in [0.1, 0.15) is 4.90 Å². The predicted molar refractivity (Wildman–Crippen MR) is 70.0 cm³/mol. The summed E-state index contributed by atoms with van der Waals surface area (Å²) in [4.78, 5) is 0.158. The van der Waals surface area contributed by atoms with E-state index in [2.05, 4.69) is 9.82 Å². The summed E-state index contributed by atoms with van der Waals surface area (Å²) in [6.07, 6.45) is 4.63. The lowest BCUT2D eigenvalue weighted by molar-refractivity contribution is 0.0902. The minimum absolute atomic E-state index is 0.0474. The molecule has 0 aromatic carbocycles. The van der Waals surface area contributed by atoms with Crippen LogP contribution in [0.25, 0.3) is 0 Å². The van der Waals surface area contributed by atoms with Crippen molar-refractivity contribution in [3.8, 4) is 0 Å². The van der Waals surface area contributed by atoms with Crippen molar-refractivity contribution in [1.29, 1.82) is 0 Å². The second-order valence-electron chi connectivity index (χ2n) is 4.69. The first-order chi connectivity index (χ1) is 9.03. The maximum atomic E-state index is 12.2. The number of nitrogens with two attached hydrogens (primary N) is 1. The van der Waals surface area contributed by atoms with Crippen LogP contribution in [-0.2, 0) is 21.3 Å². The van der Waals surface area contributed by atoms with Crippen molar-refractivity contribution in [2.24, 2.45) is 5.73 Å². The molecule has 1 aliphatic heterocycles. The predicted octanol–water partition coefficient (Wildman–Crippen LogP) is -0.312. The average molecular weight is 288 g/mol. The average Bonchev–Trinajstić information content (AvgIpc) is 2.99. The van der Waals surface area contributed by atoms with Gasteiger partial charge in [-0.1, -0.05) is 0 Å². The quantitative estimate of drug-likeness (QED) is 0.748. The lowest BCUT2D eigenvalue weighted by atomic mass is 10.1. The second-order valence-corrected chi connectivity index (χ2v) is 6.40. The van der Waals surface area contributed by atoms with Crippen LogP contribution in [0.2, 0.25) is 0 Å². The van der Waals surface area contributed by atoms with Crippen molar-refractivity contribution >= 4 is 10.0 Å². The molecule has 1 fully saturated rings. The summed E-state index contributed by atoms with van der Waals surface area (Å²) in [5.41, 5.74) is 5.40. The first kappa shape index (κ1) is 14.4. The topological polar surface area (TPSA) is 99.2 Å². The molecule has 19 heavy (non-hydrogen) atoms. The Labute approximate surface area is 113 Å². The number of sulfonamides is 1. The van der Waals surface area contributed by atoms with Crippen molar-refractivity contribution in [3.05, 3.63) is 12.4 Å². The molecule has 2 unspecified atom stereocenters. The van der Waals surface area contributed by atoms with Gasteiger partial charge in [-0.25, -0.2) is 13.1 Å². The Kier molecular flexibility index (Phi) is 4.56. The van der Waals surface area contributed by atoms with Gasteiger partial charge in [-0.15, -0.1) is 0 Å². The SMILES string of the molecule is CC(NS(=O)(=O)c1cnn(CCN)c1)C1CCCO1. The highest BCUT2D eigenvalue weighted by Gasteiger charge is 2.27. The highest BCUT2D eigenvalue weighted by molar-refractivity contribution is 7.89. The summed E-state index contributed by atoms with van der Waals surface area (Å²) in [5, 5.41) is 3.96. The molecule has 0 saturated carbocycles. The minimum atomic E-state index is -3.55. The normalized spacial score (nSPS) is 21.7. The zero-order valence-electron chi connectivity index (χ0n) is 10.9. The van der Waals surface area contributed by atoms with E-state index in [1.807, 2.05) is 6.92 Å². The van der Waals surface area contributed by atoms with Gasteiger partial charge in [0.2, 0.25) is 10.0 Å². The number of hydrogen-bond acceptors (Lipinski definition) is 5. The van der Waals surface area contributed by atoms with E-state index in [0.717, 1.165) is 12.8 Å². The van der Waals surface area contributed by atoms with Gasteiger partial charge in [0.15, 0.2) is 0 Å². The Morgan fingerprint density at radius 1 is 1.68 bits per heavy atom. The van der Waals surface area contributed by atoms with Crippen LogP contribution in [0.15, 0.2) is 17.3 Å². The van der Waals surface area contributed by atoms with Crippen LogP contribution < -0.4 is 10.5 Å². The third-order valence-electron chi connectivity index (χ3n) is 3.14. The third kappa shape index (κ3) is 3.53. The molecule has 2 heterocycles. The lowest BCUT2D eigenvalue weighted by Crippen LogP contribution is -2.40. The largest absolute Gasteiger partial charge is 0.377 e. The molecule has 1 aromatic rings. The number of ether oxygens (including phenoxy) is 1. The van der Waals surface area contributed by atoms with Crippen LogP contribution in [0.3, 0.4) is 0 Å². The summed E-state index contributed by atoms with van der Waals surface area (Å²) in [6.45, 7) is 3.43. The molecule has 2 rings (SSSR count). The van der Waals surface area contributed by atoms with Crippen molar-refractivity contribution in [2.75, 3.05) is 13.2 Å². The summed E-state index contributed by atoms with van der Waals surface area (Å²) in [7, 11) is -3.55. The molecule has 8 heteroatoms. The van der Waals surface area contributed by atoms with E-state index >= 15 is 0 Å². The first-order valence-electron chi connectivity index (χ1n) is 6.39. The molecule has 1 aliphatic rings. The molecule has 0 aliphatic carbocycles. The van der Waals surface area contributed by atoms with Crippen LogP contribution in [-0.4, -0.2) is 43.5 Å². The monoisotopic (exact) mass is 288 g/mol. The Morgan fingerprint density at radius 3 is 3.11 bits per heavy atom. The molecule has 0 spiro atoms. The molecule has 108 valence electrons. The van der Waals surface area contributed by atoms with Crippen LogP contribution in [0.5, 0.6) is 0 Å². The fourth-order valence-corrected chi connectivity index (χ4v) is 3.35. The van der Waals surface area contributed by atoms with E-state index in [-0.39, 0.29) is 17.0 Å². The Morgan fingerprint density at radius 2 is 2.47 bits per heavy atom. The van der Waals surface area contributed by atoms with E-state index < -0.39 is 10.0 Å². The molecule has 7 nitrogen and oxygen atoms in total. The number of aromatic nitrogens is 2. The van der Waals surface area contributed by atoms with Crippen molar-refractivity contribution in [3.63, 3.8) is 0 Å². The number of rotatable bonds is 6. The van der Waals surface area contributed by atoms with Gasteiger partial charge < -0.3 is 10.5 Å². The highest BCUT2D eigenvalue weighted by atomic mass is 32.2. The molecule has 1 saturated heterocycles. The van der Waals surface area contributed by atoms with Gasteiger partial charge in [0, 0.05) is 25.4 Å². The van der Waals surface area contributed by atoms with E-state index in [0.29, 0.717) is 19.7 Å². The summed E-state index contributed by atoms with van der Waals surface area (Å²) in [6, 6.07) is -0.245. The van der Waals surface area contributed by atoms with Crippen LogP contribution in [0.1, 0.15) is 19.8 Å². The van der Waals surface area contributed by atoms with Crippen molar-refractivity contribution in [2.45, 2.75) is 43.4 Å². The summed E-state index contributed by atoms with van der Waals surface area (Å²) < 4.78 is 34.0. The van der Waals surface area contributed by atoms with Gasteiger partial charge in [-0.05, 0) is 19.8 Å². The van der Waals surface area contributed by atoms with Crippen molar-refractivity contribution in [1.82, 2.24) is 14.5 Å². The number of nitrogens with one attached hydrogen (secondary N) is 1. The fourth-order valence-electron chi connectivity index (χ4n) is 2.12. The molecule has 0 radical (unpaired) electrons. The molecule has 2 atom stereocenters. The number of nitrogens with zero attached hydrogens (tertiary/aromatic N) is 2. The summed E-state index contributed by atoms with van der Waals surface area (Å²) >= 11 is 0. The highest BCUT2D eigenvalue weighted by Crippen LogP contribution is 2.17.